The summed E-state index contributed by atoms with van der Waals surface area (Å²) in [5.74, 6) is 5.65. The summed E-state index contributed by atoms with van der Waals surface area (Å²) < 4.78 is 0. The lowest BCUT2D eigenvalue weighted by Gasteiger charge is -2.27. The topological polar surface area (TPSA) is 38.0 Å². The van der Waals surface area contributed by atoms with Crippen LogP contribution in [0.25, 0.3) is 0 Å². The van der Waals surface area contributed by atoms with Crippen LogP contribution in [0.15, 0.2) is 24.3 Å². The van der Waals surface area contributed by atoms with Gasteiger partial charge in [-0.2, -0.15) is 0 Å². The number of rotatable bonds is 4. The van der Waals surface area contributed by atoms with Crippen LogP contribution in [0.1, 0.15) is 57.7 Å². The van der Waals surface area contributed by atoms with E-state index in [-0.39, 0.29) is 11.5 Å². The molecule has 0 fully saturated rings. The summed E-state index contributed by atoms with van der Waals surface area (Å²) in [4.78, 5) is 0. The van der Waals surface area contributed by atoms with E-state index >= 15 is 0 Å². The van der Waals surface area contributed by atoms with Gasteiger partial charge in [-0.25, -0.2) is 0 Å². The first-order valence-corrected chi connectivity index (χ1v) is 6.06. The van der Waals surface area contributed by atoms with Gasteiger partial charge in [0.15, 0.2) is 0 Å². The predicted molar refractivity (Wildman–Crippen MR) is 70.1 cm³/mol. The summed E-state index contributed by atoms with van der Waals surface area (Å²) in [6.07, 6.45) is 2.21. The van der Waals surface area contributed by atoms with Crippen LogP contribution >= 0.6 is 0 Å². The molecule has 0 spiro atoms. The Morgan fingerprint density at radius 1 is 1.25 bits per heavy atom. The summed E-state index contributed by atoms with van der Waals surface area (Å²) >= 11 is 0. The second kappa shape index (κ2) is 5.46. The molecule has 16 heavy (non-hydrogen) atoms. The fourth-order valence-electron chi connectivity index (χ4n) is 2.10. The molecule has 1 rings (SSSR count). The second-order valence-electron chi connectivity index (χ2n) is 5.35. The van der Waals surface area contributed by atoms with Gasteiger partial charge in [0.2, 0.25) is 0 Å². The van der Waals surface area contributed by atoms with Crippen LogP contribution in [0.5, 0.6) is 0 Å². The molecule has 1 aromatic rings. The van der Waals surface area contributed by atoms with Gasteiger partial charge in [-0.3, -0.25) is 11.3 Å². The Balaban J connectivity index is 3.11. The molecule has 1 atom stereocenters. The molecule has 1 aromatic carbocycles. The van der Waals surface area contributed by atoms with E-state index < -0.39 is 0 Å². The van der Waals surface area contributed by atoms with Crippen LogP contribution in [0.3, 0.4) is 0 Å². The third-order valence-electron chi connectivity index (χ3n) is 2.92. The highest BCUT2D eigenvalue weighted by Gasteiger charge is 2.21. The fourth-order valence-corrected chi connectivity index (χ4v) is 2.10. The maximum atomic E-state index is 5.65. The smallest absolute Gasteiger partial charge is 0.0462 e. The van der Waals surface area contributed by atoms with Crippen molar-refractivity contribution in [1.82, 2.24) is 5.43 Å². The molecule has 0 radical (unpaired) electrons. The summed E-state index contributed by atoms with van der Waals surface area (Å²) in [6.45, 7) is 8.91. The summed E-state index contributed by atoms with van der Waals surface area (Å²) in [5.41, 5.74) is 5.81. The molecule has 2 nitrogen and oxygen atoms in total. The second-order valence-corrected chi connectivity index (χ2v) is 5.35. The van der Waals surface area contributed by atoms with Crippen LogP contribution in [0.2, 0.25) is 0 Å². The normalized spacial score (nSPS) is 13.8. The van der Waals surface area contributed by atoms with Gasteiger partial charge in [0, 0.05) is 6.04 Å². The van der Waals surface area contributed by atoms with Crippen LogP contribution in [0, 0.1) is 0 Å². The molecule has 0 heterocycles. The monoisotopic (exact) mass is 220 g/mol. The molecule has 0 aliphatic rings. The van der Waals surface area contributed by atoms with E-state index in [2.05, 4.69) is 57.4 Å². The first-order valence-electron chi connectivity index (χ1n) is 6.06. The first kappa shape index (κ1) is 13.2. The minimum absolute atomic E-state index is 0.166. The number of hydrogen-bond acceptors (Lipinski definition) is 2. The van der Waals surface area contributed by atoms with Gasteiger partial charge in [-0.05, 0) is 23.0 Å². The quantitative estimate of drug-likeness (QED) is 0.603. The lowest BCUT2D eigenvalue weighted by molar-refractivity contribution is 0.489. The van der Waals surface area contributed by atoms with Crippen LogP contribution in [-0.4, -0.2) is 0 Å². The van der Waals surface area contributed by atoms with Crippen LogP contribution in [0.4, 0.5) is 0 Å². The zero-order chi connectivity index (χ0) is 12.2. The van der Waals surface area contributed by atoms with E-state index in [1.54, 1.807) is 0 Å². The van der Waals surface area contributed by atoms with Gasteiger partial charge in [0.05, 0.1) is 0 Å². The Morgan fingerprint density at radius 2 is 1.88 bits per heavy atom. The highest BCUT2D eigenvalue weighted by molar-refractivity contribution is 5.35. The highest BCUT2D eigenvalue weighted by atomic mass is 15.2. The maximum absolute atomic E-state index is 5.65. The van der Waals surface area contributed by atoms with Crippen molar-refractivity contribution in [2.45, 2.75) is 52.0 Å². The Morgan fingerprint density at radius 3 is 2.38 bits per heavy atom. The zero-order valence-electron chi connectivity index (χ0n) is 10.9. The van der Waals surface area contributed by atoms with Gasteiger partial charge in [-0.1, -0.05) is 58.4 Å². The van der Waals surface area contributed by atoms with Crippen molar-refractivity contribution in [3.8, 4) is 0 Å². The molecule has 0 bridgehead atoms. The van der Waals surface area contributed by atoms with Crippen LogP contribution in [-0.2, 0) is 5.41 Å². The van der Waals surface area contributed by atoms with Gasteiger partial charge < -0.3 is 0 Å². The lowest BCUT2D eigenvalue weighted by atomic mass is 9.81. The Hall–Kier alpha value is -0.860. The molecule has 90 valence electrons. The van der Waals surface area contributed by atoms with Crippen molar-refractivity contribution in [2.24, 2.45) is 5.84 Å². The van der Waals surface area contributed by atoms with Crippen LogP contribution < -0.4 is 11.3 Å². The van der Waals surface area contributed by atoms with Gasteiger partial charge in [-0.15, -0.1) is 0 Å². The average Bonchev–Trinajstić information content (AvgIpc) is 2.25. The summed E-state index contributed by atoms with van der Waals surface area (Å²) in [5, 5.41) is 0. The van der Waals surface area contributed by atoms with E-state index in [1.165, 1.54) is 11.1 Å². The van der Waals surface area contributed by atoms with Gasteiger partial charge >= 0.3 is 0 Å². The Kier molecular flexibility index (Phi) is 4.51. The molecular formula is C14H24N2. The highest BCUT2D eigenvalue weighted by Crippen LogP contribution is 2.30. The molecule has 0 saturated heterocycles. The number of hydrogen-bond donors (Lipinski definition) is 2. The van der Waals surface area contributed by atoms with Gasteiger partial charge in [0.1, 0.15) is 0 Å². The van der Waals surface area contributed by atoms with Crippen molar-refractivity contribution < 1.29 is 0 Å². The van der Waals surface area contributed by atoms with Gasteiger partial charge in [0.25, 0.3) is 0 Å². The van der Waals surface area contributed by atoms with E-state index in [9.17, 15) is 0 Å². The average molecular weight is 220 g/mol. The molecule has 0 aliphatic heterocycles. The molecule has 0 saturated carbocycles. The number of hydrazine groups is 1. The van der Waals surface area contributed by atoms with Crippen molar-refractivity contribution in [1.29, 1.82) is 0 Å². The lowest BCUT2D eigenvalue weighted by Crippen LogP contribution is -2.30. The molecule has 1 unspecified atom stereocenters. The number of nitrogens with two attached hydrogens (primary N) is 1. The third kappa shape index (κ3) is 3.06. The van der Waals surface area contributed by atoms with E-state index in [0.29, 0.717) is 0 Å². The maximum Gasteiger partial charge on any atom is 0.0462 e. The SMILES string of the molecule is CCCC(NN)c1ccccc1C(C)(C)C. The largest absolute Gasteiger partial charge is 0.271 e. The minimum Gasteiger partial charge on any atom is -0.271 e. The summed E-state index contributed by atoms with van der Waals surface area (Å²) in [7, 11) is 0. The van der Waals surface area contributed by atoms with E-state index in [0.717, 1.165) is 12.8 Å². The van der Waals surface area contributed by atoms with Crippen molar-refractivity contribution >= 4 is 0 Å². The van der Waals surface area contributed by atoms with Crippen molar-refractivity contribution in [2.75, 3.05) is 0 Å². The zero-order valence-corrected chi connectivity index (χ0v) is 10.9. The molecule has 2 heteroatoms. The Labute approximate surface area is 99.2 Å². The molecule has 0 aromatic heterocycles. The minimum atomic E-state index is 0.166. The van der Waals surface area contributed by atoms with Crippen molar-refractivity contribution in [3.63, 3.8) is 0 Å². The number of nitrogens with one attached hydrogen (secondary N) is 1. The van der Waals surface area contributed by atoms with E-state index in [1.807, 2.05) is 0 Å². The predicted octanol–water partition coefficient (Wildman–Crippen LogP) is 3.29. The first-order chi connectivity index (χ1) is 7.50. The fraction of sp³-hybridized carbons (Fsp3) is 0.571. The molecule has 0 aliphatic carbocycles. The summed E-state index contributed by atoms with van der Waals surface area (Å²) in [6, 6.07) is 8.84. The molecule has 3 N–H and O–H groups in total. The van der Waals surface area contributed by atoms with E-state index in [4.69, 9.17) is 5.84 Å². The third-order valence-corrected chi connectivity index (χ3v) is 2.92. The van der Waals surface area contributed by atoms with Crippen molar-refractivity contribution in [3.05, 3.63) is 35.4 Å². The standard InChI is InChI=1S/C14H24N2/c1-5-8-13(16-15)11-9-6-7-10-12(11)14(2,3)4/h6-7,9-10,13,16H,5,8,15H2,1-4H3. The molecule has 0 amide bonds. The number of benzene rings is 1. The molecular weight excluding hydrogens is 196 g/mol. The Bertz CT molecular complexity index is 326.